The van der Waals surface area contributed by atoms with Gasteiger partial charge in [-0.05, 0) is 36.8 Å². The number of furan rings is 1. The zero-order chi connectivity index (χ0) is 14.0. The molecule has 0 saturated carbocycles. The van der Waals surface area contributed by atoms with Gasteiger partial charge in [-0.25, -0.2) is 0 Å². The van der Waals surface area contributed by atoms with E-state index in [0.717, 1.165) is 22.2 Å². The summed E-state index contributed by atoms with van der Waals surface area (Å²) < 4.78 is 6.19. The Hall–Kier alpha value is -2.74. The Morgan fingerprint density at radius 1 is 0.810 bits per heavy atom. The largest absolute Gasteiger partial charge is 0.455 e. The molecule has 100 valence electrons. The van der Waals surface area contributed by atoms with Gasteiger partial charge < -0.3 is 9.40 Å². The molecule has 0 aliphatic heterocycles. The minimum Gasteiger partial charge on any atom is -0.455 e. The lowest BCUT2D eigenvalue weighted by Gasteiger charge is -1.93. The molecular weight excluding hydrogens is 258 g/mol. The van der Waals surface area contributed by atoms with Gasteiger partial charge in [-0.3, -0.25) is 0 Å². The van der Waals surface area contributed by atoms with Gasteiger partial charge in [0.2, 0.25) is 0 Å². The molecule has 2 nitrogen and oxygen atoms in total. The first-order valence-corrected chi connectivity index (χ1v) is 7.13. The Labute approximate surface area is 121 Å². The number of aromatic nitrogens is 1. The van der Waals surface area contributed by atoms with Gasteiger partial charge in [0.25, 0.3) is 0 Å². The third kappa shape index (κ3) is 1.37. The second kappa shape index (κ2) is 3.67. The zero-order valence-electron chi connectivity index (χ0n) is 11.6. The fourth-order valence-electron chi connectivity index (χ4n) is 3.27. The SMILES string of the molecule is Cc1ccc2c(c1)oc1c2ccc2[nH]c3ccccc3c21. The molecule has 0 aliphatic rings. The highest BCUT2D eigenvalue weighted by Crippen LogP contribution is 2.37. The highest BCUT2D eigenvalue weighted by Gasteiger charge is 2.13. The van der Waals surface area contributed by atoms with Gasteiger partial charge in [0.1, 0.15) is 11.2 Å². The van der Waals surface area contributed by atoms with Gasteiger partial charge in [-0.1, -0.05) is 30.3 Å². The molecule has 0 saturated heterocycles. The van der Waals surface area contributed by atoms with Crippen LogP contribution in [0.25, 0.3) is 43.7 Å². The molecule has 0 fully saturated rings. The van der Waals surface area contributed by atoms with Crippen molar-refractivity contribution in [2.45, 2.75) is 6.92 Å². The summed E-state index contributed by atoms with van der Waals surface area (Å²) in [6.45, 7) is 2.09. The average Bonchev–Trinajstić information content (AvgIpc) is 3.03. The molecule has 0 amide bonds. The van der Waals surface area contributed by atoms with Crippen LogP contribution in [0.3, 0.4) is 0 Å². The molecule has 2 aromatic heterocycles. The molecule has 0 radical (unpaired) electrons. The van der Waals surface area contributed by atoms with Crippen molar-refractivity contribution in [3.63, 3.8) is 0 Å². The predicted molar refractivity (Wildman–Crippen MR) is 87.8 cm³/mol. The van der Waals surface area contributed by atoms with E-state index >= 15 is 0 Å². The summed E-state index contributed by atoms with van der Waals surface area (Å²) in [4.78, 5) is 3.47. The number of aryl methyl sites for hydroxylation is 1. The molecule has 2 heteroatoms. The van der Waals surface area contributed by atoms with Gasteiger partial charge in [-0.15, -0.1) is 0 Å². The van der Waals surface area contributed by atoms with Crippen molar-refractivity contribution in [2.24, 2.45) is 0 Å². The minimum absolute atomic E-state index is 0.961. The van der Waals surface area contributed by atoms with Crippen LogP contribution in [0.5, 0.6) is 0 Å². The van der Waals surface area contributed by atoms with E-state index < -0.39 is 0 Å². The molecule has 1 N–H and O–H groups in total. The fourth-order valence-corrected chi connectivity index (χ4v) is 3.27. The number of fused-ring (bicyclic) bond motifs is 7. The van der Waals surface area contributed by atoms with Crippen LogP contribution in [0.2, 0.25) is 0 Å². The zero-order valence-corrected chi connectivity index (χ0v) is 11.6. The van der Waals surface area contributed by atoms with E-state index in [1.807, 2.05) is 0 Å². The van der Waals surface area contributed by atoms with Crippen LogP contribution in [0.1, 0.15) is 5.56 Å². The van der Waals surface area contributed by atoms with E-state index in [0.29, 0.717) is 0 Å². The van der Waals surface area contributed by atoms with E-state index in [9.17, 15) is 0 Å². The van der Waals surface area contributed by atoms with Gasteiger partial charge in [0, 0.05) is 21.7 Å². The van der Waals surface area contributed by atoms with E-state index in [1.165, 1.54) is 27.1 Å². The van der Waals surface area contributed by atoms with Crippen molar-refractivity contribution in [3.8, 4) is 0 Å². The molecule has 3 aromatic carbocycles. The number of H-pyrrole nitrogens is 1. The third-order valence-electron chi connectivity index (χ3n) is 4.26. The van der Waals surface area contributed by atoms with E-state index in [1.54, 1.807) is 0 Å². The second-order valence-corrected chi connectivity index (χ2v) is 5.64. The van der Waals surface area contributed by atoms with Crippen molar-refractivity contribution in [1.29, 1.82) is 0 Å². The average molecular weight is 271 g/mol. The number of benzene rings is 3. The molecular formula is C19H13NO. The maximum Gasteiger partial charge on any atom is 0.145 e. The maximum absolute atomic E-state index is 6.19. The van der Waals surface area contributed by atoms with Gasteiger partial charge >= 0.3 is 0 Å². The Morgan fingerprint density at radius 2 is 1.67 bits per heavy atom. The minimum atomic E-state index is 0.961. The summed E-state index contributed by atoms with van der Waals surface area (Å²) in [5.41, 5.74) is 5.43. The van der Waals surface area contributed by atoms with Crippen molar-refractivity contribution in [3.05, 3.63) is 60.2 Å². The molecule has 0 aliphatic carbocycles. The standard InChI is InChI=1S/C19H13NO/c1-11-6-7-12-13-8-9-16-18(19(13)21-17(12)10-11)14-4-2-3-5-15(14)20-16/h2-10,20H,1H3. The van der Waals surface area contributed by atoms with Crippen molar-refractivity contribution in [2.75, 3.05) is 0 Å². The summed E-state index contributed by atoms with van der Waals surface area (Å²) in [5.74, 6) is 0. The molecule has 0 bridgehead atoms. The monoisotopic (exact) mass is 271 g/mol. The van der Waals surface area contributed by atoms with Crippen molar-refractivity contribution < 1.29 is 4.42 Å². The predicted octanol–water partition coefficient (Wildman–Crippen LogP) is 5.53. The Kier molecular flexibility index (Phi) is 1.92. The normalized spacial score (nSPS) is 12.0. The summed E-state index contributed by atoms with van der Waals surface area (Å²) in [7, 11) is 0. The van der Waals surface area contributed by atoms with Crippen LogP contribution in [-0.2, 0) is 0 Å². The Balaban J connectivity index is 2.10. The van der Waals surface area contributed by atoms with E-state index in [4.69, 9.17) is 4.42 Å². The van der Waals surface area contributed by atoms with E-state index in [2.05, 4.69) is 66.5 Å². The number of hydrogen-bond donors (Lipinski definition) is 1. The van der Waals surface area contributed by atoms with Crippen LogP contribution >= 0.6 is 0 Å². The maximum atomic E-state index is 6.19. The summed E-state index contributed by atoms with van der Waals surface area (Å²) in [6.07, 6.45) is 0. The van der Waals surface area contributed by atoms with Crippen LogP contribution in [0.4, 0.5) is 0 Å². The smallest absolute Gasteiger partial charge is 0.145 e. The number of aromatic amines is 1. The van der Waals surface area contributed by atoms with Crippen LogP contribution in [0.15, 0.2) is 59.0 Å². The topological polar surface area (TPSA) is 28.9 Å². The number of nitrogens with one attached hydrogen (secondary N) is 1. The Morgan fingerprint density at radius 3 is 2.62 bits per heavy atom. The lowest BCUT2D eigenvalue weighted by molar-refractivity contribution is 0.672. The number of rotatable bonds is 0. The van der Waals surface area contributed by atoms with Crippen molar-refractivity contribution >= 4 is 43.7 Å². The van der Waals surface area contributed by atoms with Gasteiger partial charge in [-0.2, -0.15) is 0 Å². The first kappa shape index (κ1) is 11.0. The molecule has 2 heterocycles. The molecule has 21 heavy (non-hydrogen) atoms. The third-order valence-corrected chi connectivity index (χ3v) is 4.26. The number of hydrogen-bond acceptors (Lipinski definition) is 1. The van der Waals surface area contributed by atoms with Crippen molar-refractivity contribution in [1.82, 2.24) is 4.98 Å². The Bertz CT molecular complexity index is 1140. The first-order valence-electron chi connectivity index (χ1n) is 7.13. The van der Waals surface area contributed by atoms with Crippen LogP contribution in [-0.4, -0.2) is 4.98 Å². The second-order valence-electron chi connectivity index (χ2n) is 5.64. The fraction of sp³-hybridized carbons (Fsp3) is 0.0526. The quantitative estimate of drug-likeness (QED) is 0.394. The van der Waals surface area contributed by atoms with Crippen LogP contribution in [0, 0.1) is 6.92 Å². The van der Waals surface area contributed by atoms with Gasteiger partial charge in [0.15, 0.2) is 0 Å². The molecule has 0 unspecified atom stereocenters. The summed E-state index contributed by atoms with van der Waals surface area (Å²) >= 11 is 0. The molecule has 5 rings (SSSR count). The summed E-state index contributed by atoms with van der Waals surface area (Å²) in [6, 6.07) is 19.1. The molecule has 0 spiro atoms. The highest BCUT2D eigenvalue weighted by molar-refractivity contribution is 6.22. The lowest BCUT2D eigenvalue weighted by atomic mass is 10.1. The molecule has 5 aromatic rings. The number of para-hydroxylation sites is 1. The lowest BCUT2D eigenvalue weighted by Crippen LogP contribution is -1.71. The van der Waals surface area contributed by atoms with Crippen LogP contribution < -0.4 is 0 Å². The highest BCUT2D eigenvalue weighted by atomic mass is 16.3. The first-order chi connectivity index (χ1) is 10.3. The van der Waals surface area contributed by atoms with Gasteiger partial charge in [0.05, 0.1) is 10.9 Å². The molecule has 0 atom stereocenters. The summed E-state index contributed by atoms with van der Waals surface area (Å²) in [5, 5.41) is 4.76. The van der Waals surface area contributed by atoms with E-state index in [-0.39, 0.29) is 0 Å².